The molecule has 0 radical (unpaired) electrons. The number of rotatable bonds is 2. The van der Waals surface area contributed by atoms with Crippen LogP contribution in [0.4, 0.5) is 4.39 Å². The van der Waals surface area contributed by atoms with Crippen LogP contribution in [0.1, 0.15) is 6.92 Å². The average Bonchev–Trinajstić information content (AvgIpc) is 2.31. The molecule has 82 valence electrons. The number of aromatic nitrogens is 2. The van der Waals surface area contributed by atoms with Crippen LogP contribution in [-0.2, 0) is 6.54 Å². The van der Waals surface area contributed by atoms with Crippen molar-refractivity contribution in [1.82, 2.24) is 9.55 Å². The van der Waals surface area contributed by atoms with Crippen LogP contribution in [-0.4, -0.2) is 9.55 Å². The molecular weight excluding hydrogens is 207 g/mol. The van der Waals surface area contributed by atoms with E-state index in [2.05, 4.69) is 4.98 Å². The number of hydrogen-bond acceptors (Lipinski definition) is 2. The van der Waals surface area contributed by atoms with Gasteiger partial charge in [-0.05, 0) is 31.2 Å². The fourth-order valence-electron chi connectivity index (χ4n) is 1.50. The Hall–Kier alpha value is -1.97. The lowest BCUT2D eigenvalue weighted by Gasteiger charge is -2.04. The average molecular weight is 218 g/mol. The van der Waals surface area contributed by atoms with Crippen molar-refractivity contribution in [2.24, 2.45) is 0 Å². The molecule has 1 heterocycles. The monoisotopic (exact) mass is 218 g/mol. The SMILES string of the molecule is CCn1ccnc(-c2ccc(F)cc2)c1=O. The van der Waals surface area contributed by atoms with Crippen LogP contribution in [0.25, 0.3) is 11.3 Å². The summed E-state index contributed by atoms with van der Waals surface area (Å²) in [6.07, 6.45) is 3.21. The van der Waals surface area contributed by atoms with E-state index in [9.17, 15) is 9.18 Å². The van der Waals surface area contributed by atoms with Crippen LogP contribution < -0.4 is 5.56 Å². The zero-order chi connectivity index (χ0) is 11.5. The van der Waals surface area contributed by atoms with Gasteiger partial charge in [0.05, 0.1) is 0 Å². The van der Waals surface area contributed by atoms with Crippen molar-refractivity contribution in [1.29, 1.82) is 0 Å². The fraction of sp³-hybridized carbons (Fsp3) is 0.167. The summed E-state index contributed by atoms with van der Waals surface area (Å²) in [5.41, 5.74) is 0.829. The summed E-state index contributed by atoms with van der Waals surface area (Å²) >= 11 is 0. The first-order valence-corrected chi connectivity index (χ1v) is 5.03. The zero-order valence-corrected chi connectivity index (χ0v) is 8.85. The van der Waals surface area contributed by atoms with Gasteiger partial charge >= 0.3 is 0 Å². The Kier molecular flexibility index (Phi) is 2.81. The fourth-order valence-corrected chi connectivity index (χ4v) is 1.50. The summed E-state index contributed by atoms with van der Waals surface area (Å²) < 4.78 is 14.3. The molecule has 16 heavy (non-hydrogen) atoms. The molecule has 0 unspecified atom stereocenters. The molecule has 0 bridgehead atoms. The van der Waals surface area contributed by atoms with Crippen LogP contribution >= 0.6 is 0 Å². The van der Waals surface area contributed by atoms with Crippen LogP contribution in [0.15, 0.2) is 41.5 Å². The second kappa shape index (κ2) is 4.26. The first-order valence-electron chi connectivity index (χ1n) is 5.03. The molecule has 0 N–H and O–H groups in total. The number of halogens is 1. The Bertz CT molecular complexity index is 546. The van der Waals surface area contributed by atoms with Crippen molar-refractivity contribution in [2.75, 3.05) is 0 Å². The zero-order valence-electron chi connectivity index (χ0n) is 8.85. The van der Waals surface area contributed by atoms with E-state index in [4.69, 9.17) is 0 Å². The summed E-state index contributed by atoms with van der Waals surface area (Å²) in [7, 11) is 0. The maximum atomic E-state index is 12.7. The normalized spacial score (nSPS) is 10.4. The Labute approximate surface area is 92.2 Å². The largest absolute Gasteiger partial charge is 0.312 e. The molecule has 2 aromatic rings. The molecule has 0 amide bonds. The Morgan fingerprint density at radius 2 is 2.00 bits per heavy atom. The molecule has 1 aromatic heterocycles. The van der Waals surface area contributed by atoms with Gasteiger partial charge in [0, 0.05) is 24.5 Å². The van der Waals surface area contributed by atoms with Gasteiger partial charge < -0.3 is 4.57 Å². The van der Waals surface area contributed by atoms with Crippen LogP contribution in [0.2, 0.25) is 0 Å². The second-order valence-electron chi connectivity index (χ2n) is 3.37. The predicted molar refractivity (Wildman–Crippen MR) is 59.6 cm³/mol. The van der Waals surface area contributed by atoms with Crippen molar-refractivity contribution in [3.63, 3.8) is 0 Å². The minimum absolute atomic E-state index is 0.156. The van der Waals surface area contributed by atoms with E-state index in [1.54, 1.807) is 29.1 Å². The standard InChI is InChI=1S/C12H11FN2O/c1-2-15-8-7-14-11(12(15)16)9-3-5-10(13)6-4-9/h3-8H,2H2,1H3. The molecule has 4 heteroatoms. The number of benzene rings is 1. The molecule has 3 nitrogen and oxygen atoms in total. The summed E-state index contributed by atoms with van der Waals surface area (Å²) in [6, 6.07) is 5.75. The number of nitrogens with zero attached hydrogens (tertiary/aromatic N) is 2. The van der Waals surface area contributed by atoms with E-state index in [0.717, 1.165) is 0 Å². The third-order valence-corrected chi connectivity index (χ3v) is 2.37. The lowest BCUT2D eigenvalue weighted by atomic mass is 10.1. The molecule has 0 aliphatic carbocycles. The summed E-state index contributed by atoms with van der Waals surface area (Å²) in [5.74, 6) is -0.324. The highest BCUT2D eigenvalue weighted by Gasteiger charge is 2.06. The molecule has 0 fully saturated rings. The van der Waals surface area contributed by atoms with Crippen LogP contribution in [0.3, 0.4) is 0 Å². The quantitative estimate of drug-likeness (QED) is 0.773. The number of hydrogen-bond donors (Lipinski definition) is 0. The minimum Gasteiger partial charge on any atom is -0.312 e. The molecule has 0 spiro atoms. The van der Waals surface area contributed by atoms with Crippen molar-refractivity contribution in [3.05, 3.63) is 52.8 Å². The van der Waals surface area contributed by atoms with Gasteiger partial charge in [0.25, 0.3) is 5.56 Å². The molecule has 2 rings (SSSR count). The Morgan fingerprint density at radius 1 is 1.31 bits per heavy atom. The van der Waals surface area contributed by atoms with Crippen molar-refractivity contribution >= 4 is 0 Å². The van der Waals surface area contributed by atoms with Crippen molar-refractivity contribution in [3.8, 4) is 11.3 Å². The van der Waals surface area contributed by atoms with Crippen molar-refractivity contribution in [2.45, 2.75) is 13.5 Å². The predicted octanol–water partition coefficient (Wildman–Crippen LogP) is 2.07. The smallest absolute Gasteiger partial charge is 0.277 e. The van der Waals surface area contributed by atoms with E-state index in [1.165, 1.54) is 12.1 Å². The molecule has 1 aromatic carbocycles. The van der Waals surface area contributed by atoms with E-state index < -0.39 is 0 Å². The molecule has 0 saturated carbocycles. The topological polar surface area (TPSA) is 34.9 Å². The lowest BCUT2D eigenvalue weighted by Crippen LogP contribution is -2.21. The highest BCUT2D eigenvalue weighted by molar-refractivity contribution is 5.57. The third-order valence-electron chi connectivity index (χ3n) is 2.37. The van der Waals surface area contributed by atoms with Crippen molar-refractivity contribution < 1.29 is 4.39 Å². The molecule has 0 aliphatic heterocycles. The van der Waals surface area contributed by atoms with E-state index in [1.807, 2.05) is 6.92 Å². The van der Waals surface area contributed by atoms with Crippen LogP contribution in [0, 0.1) is 5.82 Å². The molecule has 0 saturated heterocycles. The first kappa shape index (κ1) is 10.5. The second-order valence-corrected chi connectivity index (χ2v) is 3.37. The van der Waals surface area contributed by atoms with Gasteiger partial charge in [-0.15, -0.1) is 0 Å². The highest BCUT2D eigenvalue weighted by atomic mass is 19.1. The van der Waals surface area contributed by atoms with Gasteiger partial charge in [-0.25, -0.2) is 9.37 Å². The van der Waals surface area contributed by atoms with E-state index in [-0.39, 0.29) is 11.4 Å². The molecule has 0 aliphatic rings. The lowest BCUT2D eigenvalue weighted by molar-refractivity contribution is 0.628. The third kappa shape index (κ3) is 1.86. The van der Waals surface area contributed by atoms with Gasteiger partial charge in [-0.1, -0.05) is 0 Å². The summed E-state index contributed by atoms with van der Waals surface area (Å²) in [4.78, 5) is 15.9. The van der Waals surface area contributed by atoms with Gasteiger partial charge in [-0.3, -0.25) is 4.79 Å². The minimum atomic E-state index is -0.324. The van der Waals surface area contributed by atoms with E-state index >= 15 is 0 Å². The van der Waals surface area contributed by atoms with Crippen LogP contribution in [0.5, 0.6) is 0 Å². The van der Waals surface area contributed by atoms with E-state index in [0.29, 0.717) is 17.8 Å². The molecular formula is C12H11FN2O. The van der Waals surface area contributed by atoms with Gasteiger partial charge in [-0.2, -0.15) is 0 Å². The van der Waals surface area contributed by atoms with Gasteiger partial charge in [0.1, 0.15) is 11.5 Å². The van der Waals surface area contributed by atoms with Gasteiger partial charge in [0.15, 0.2) is 0 Å². The Balaban J connectivity index is 2.56. The van der Waals surface area contributed by atoms with Gasteiger partial charge in [0.2, 0.25) is 0 Å². The summed E-state index contributed by atoms with van der Waals surface area (Å²) in [5, 5.41) is 0. The highest BCUT2D eigenvalue weighted by Crippen LogP contribution is 2.12. The first-order chi connectivity index (χ1) is 7.72. The summed E-state index contributed by atoms with van der Waals surface area (Å²) in [6.45, 7) is 2.48. The maximum Gasteiger partial charge on any atom is 0.277 e. The molecule has 0 atom stereocenters. The number of aryl methyl sites for hydroxylation is 1. The maximum absolute atomic E-state index is 12.7. The Morgan fingerprint density at radius 3 is 2.62 bits per heavy atom.